The standard InChI is InChI=1S/C14H23N5O.3ClH/c20-14(11-18-9-7-15-8-10-18)17-13-5-6-16-19(13)12-3-1-2-4-12;;;/h5-6,12,15H,1-4,7-11H2,(H,17,20);3*1H. The fraction of sp³-hybridized carbons (Fsp3) is 0.714. The molecule has 0 atom stereocenters. The Morgan fingerprint density at radius 1 is 1.22 bits per heavy atom. The number of hydrogen-bond donors (Lipinski definition) is 2. The van der Waals surface area contributed by atoms with Crippen LogP contribution in [0.2, 0.25) is 0 Å². The Kier molecular flexibility index (Phi) is 10.8. The highest BCUT2D eigenvalue weighted by atomic mass is 35.5. The monoisotopic (exact) mass is 385 g/mol. The van der Waals surface area contributed by atoms with Gasteiger partial charge in [-0.25, -0.2) is 4.68 Å². The molecule has 3 rings (SSSR count). The third-order valence-corrected chi connectivity index (χ3v) is 4.19. The zero-order valence-electron chi connectivity index (χ0n) is 13.1. The summed E-state index contributed by atoms with van der Waals surface area (Å²) in [5, 5.41) is 10.7. The smallest absolute Gasteiger partial charge is 0.239 e. The number of hydrogen-bond acceptors (Lipinski definition) is 4. The van der Waals surface area contributed by atoms with Gasteiger partial charge in [-0.2, -0.15) is 5.10 Å². The second kappa shape index (κ2) is 11.1. The number of amides is 1. The number of aromatic nitrogens is 2. The number of carbonyl (C=O) groups excluding carboxylic acids is 1. The van der Waals surface area contributed by atoms with Crippen LogP contribution in [0.3, 0.4) is 0 Å². The van der Waals surface area contributed by atoms with E-state index >= 15 is 0 Å². The molecular formula is C14H26Cl3N5O. The first kappa shape index (κ1) is 22.5. The lowest BCUT2D eigenvalue weighted by Crippen LogP contribution is -2.46. The Hall–Kier alpha value is -0.530. The molecule has 0 bridgehead atoms. The van der Waals surface area contributed by atoms with Gasteiger partial charge in [0.1, 0.15) is 5.82 Å². The molecule has 0 aromatic carbocycles. The molecule has 6 nitrogen and oxygen atoms in total. The molecular weight excluding hydrogens is 361 g/mol. The summed E-state index contributed by atoms with van der Waals surface area (Å²) in [4.78, 5) is 14.3. The van der Waals surface area contributed by atoms with E-state index in [4.69, 9.17) is 0 Å². The number of rotatable bonds is 4. The number of nitrogens with zero attached hydrogens (tertiary/aromatic N) is 3. The Morgan fingerprint density at radius 3 is 2.52 bits per heavy atom. The second-order valence-corrected chi connectivity index (χ2v) is 5.67. The van der Waals surface area contributed by atoms with Crippen LogP contribution < -0.4 is 10.6 Å². The van der Waals surface area contributed by atoms with E-state index < -0.39 is 0 Å². The van der Waals surface area contributed by atoms with Gasteiger partial charge in [0.2, 0.25) is 5.91 Å². The predicted octanol–water partition coefficient (Wildman–Crippen LogP) is 2.11. The molecule has 1 saturated carbocycles. The molecule has 9 heteroatoms. The minimum atomic E-state index is 0. The highest BCUT2D eigenvalue weighted by Gasteiger charge is 2.21. The van der Waals surface area contributed by atoms with Crippen LogP contribution in [-0.2, 0) is 4.79 Å². The predicted molar refractivity (Wildman–Crippen MR) is 99.4 cm³/mol. The molecule has 2 heterocycles. The lowest BCUT2D eigenvalue weighted by Gasteiger charge is -2.26. The molecule has 1 saturated heterocycles. The maximum absolute atomic E-state index is 12.1. The van der Waals surface area contributed by atoms with Crippen molar-refractivity contribution in [3.8, 4) is 0 Å². The molecule has 134 valence electrons. The Labute approximate surface area is 156 Å². The van der Waals surface area contributed by atoms with Gasteiger partial charge in [0.05, 0.1) is 18.8 Å². The van der Waals surface area contributed by atoms with Crippen molar-refractivity contribution in [2.45, 2.75) is 31.7 Å². The topological polar surface area (TPSA) is 62.2 Å². The van der Waals surface area contributed by atoms with Crippen LogP contribution in [0.4, 0.5) is 5.82 Å². The van der Waals surface area contributed by atoms with Crippen molar-refractivity contribution in [3.63, 3.8) is 0 Å². The molecule has 0 spiro atoms. The molecule has 0 unspecified atom stereocenters. The van der Waals surface area contributed by atoms with Crippen LogP contribution in [0.1, 0.15) is 31.7 Å². The van der Waals surface area contributed by atoms with Gasteiger partial charge in [-0.15, -0.1) is 37.2 Å². The van der Waals surface area contributed by atoms with Gasteiger partial charge >= 0.3 is 0 Å². The van der Waals surface area contributed by atoms with E-state index in [1.807, 2.05) is 10.7 Å². The Bertz CT molecular complexity index is 459. The summed E-state index contributed by atoms with van der Waals surface area (Å²) >= 11 is 0. The zero-order chi connectivity index (χ0) is 13.8. The Morgan fingerprint density at radius 2 is 1.87 bits per heavy atom. The average Bonchev–Trinajstić information content (AvgIpc) is 3.10. The summed E-state index contributed by atoms with van der Waals surface area (Å²) in [6.07, 6.45) is 6.64. The van der Waals surface area contributed by atoms with Gasteiger partial charge in [-0.05, 0) is 12.8 Å². The highest BCUT2D eigenvalue weighted by molar-refractivity contribution is 5.91. The quantitative estimate of drug-likeness (QED) is 0.832. The summed E-state index contributed by atoms with van der Waals surface area (Å²) in [7, 11) is 0. The fourth-order valence-corrected chi connectivity index (χ4v) is 3.11. The van der Waals surface area contributed by atoms with Crippen LogP contribution in [0, 0.1) is 0 Å². The van der Waals surface area contributed by atoms with Gasteiger partial charge in [0.15, 0.2) is 0 Å². The van der Waals surface area contributed by atoms with E-state index in [1.165, 1.54) is 25.7 Å². The first-order valence-corrected chi connectivity index (χ1v) is 7.59. The third kappa shape index (κ3) is 6.12. The summed E-state index contributed by atoms with van der Waals surface area (Å²) in [6, 6.07) is 2.35. The van der Waals surface area contributed by atoms with Crippen molar-refractivity contribution in [1.82, 2.24) is 20.0 Å². The molecule has 1 aliphatic heterocycles. The zero-order valence-corrected chi connectivity index (χ0v) is 15.5. The van der Waals surface area contributed by atoms with Crippen LogP contribution in [0.15, 0.2) is 12.3 Å². The SMILES string of the molecule is Cl.Cl.Cl.O=C(CN1CCNCC1)Nc1ccnn1C1CCCC1. The molecule has 2 N–H and O–H groups in total. The number of halogens is 3. The van der Waals surface area contributed by atoms with Crippen molar-refractivity contribution >= 4 is 48.9 Å². The maximum atomic E-state index is 12.1. The van der Waals surface area contributed by atoms with Gasteiger partial charge in [0.25, 0.3) is 0 Å². The first-order chi connectivity index (χ1) is 9.83. The molecule has 2 fully saturated rings. The largest absolute Gasteiger partial charge is 0.314 e. The number of nitrogens with one attached hydrogen (secondary N) is 2. The second-order valence-electron chi connectivity index (χ2n) is 5.67. The van der Waals surface area contributed by atoms with Crippen molar-refractivity contribution < 1.29 is 4.79 Å². The number of anilines is 1. The van der Waals surface area contributed by atoms with E-state index in [9.17, 15) is 4.79 Å². The number of piperazine rings is 1. The maximum Gasteiger partial charge on any atom is 0.239 e. The molecule has 0 radical (unpaired) electrons. The highest BCUT2D eigenvalue weighted by Crippen LogP contribution is 2.31. The minimum Gasteiger partial charge on any atom is -0.314 e. The van der Waals surface area contributed by atoms with Gasteiger partial charge in [-0.1, -0.05) is 12.8 Å². The van der Waals surface area contributed by atoms with Crippen LogP contribution in [-0.4, -0.2) is 53.3 Å². The van der Waals surface area contributed by atoms with Crippen molar-refractivity contribution in [1.29, 1.82) is 0 Å². The van der Waals surface area contributed by atoms with Crippen LogP contribution in [0.5, 0.6) is 0 Å². The van der Waals surface area contributed by atoms with Gasteiger partial charge in [0, 0.05) is 32.2 Å². The van der Waals surface area contributed by atoms with Crippen LogP contribution >= 0.6 is 37.2 Å². The van der Waals surface area contributed by atoms with Crippen LogP contribution in [0.25, 0.3) is 0 Å². The average molecular weight is 387 g/mol. The Balaban J connectivity index is 0.00000161. The lowest BCUT2D eigenvalue weighted by atomic mass is 10.2. The summed E-state index contributed by atoms with van der Waals surface area (Å²) in [6.45, 7) is 4.28. The summed E-state index contributed by atoms with van der Waals surface area (Å²) in [5.41, 5.74) is 0. The van der Waals surface area contributed by atoms with Gasteiger partial charge < -0.3 is 10.6 Å². The lowest BCUT2D eigenvalue weighted by molar-refractivity contribution is -0.117. The van der Waals surface area contributed by atoms with Crippen molar-refractivity contribution in [2.75, 3.05) is 38.0 Å². The third-order valence-electron chi connectivity index (χ3n) is 4.19. The van der Waals surface area contributed by atoms with Gasteiger partial charge in [-0.3, -0.25) is 9.69 Å². The molecule has 23 heavy (non-hydrogen) atoms. The normalized spacial score (nSPS) is 18.4. The summed E-state index contributed by atoms with van der Waals surface area (Å²) < 4.78 is 1.99. The van der Waals surface area contributed by atoms with E-state index in [-0.39, 0.29) is 43.1 Å². The van der Waals surface area contributed by atoms with E-state index in [1.54, 1.807) is 6.20 Å². The van der Waals surface area contributed by atoms with E-state index in [0.717, 1.165) is 32.0 Å². The number of carbonyl (C=O) groups is 1. The first-order valence-electron chi connectivity index (χ1n) is 7.59. The fourth-order valence-electron chi connectivity index (χ4n) is 3.11. The molecule has 2 aliphatic rings. The molecule has 1 aromatic heterocycles. The van der Waals surface area contributed by atoms with Crippen molar-refractivity contribution in [3.05, 3.63) is 12.3 Å². The molecule has 1 aromatic rings. The van der Waals surface area contributed by atoms with Crippen molar-refractivity contribution in [2.24, 2.45) is 0 Å². The minimum absolute atomic E-state index is 0. The van der Waals surface area contributed by atoms with E-state index in [0.29, 0.717) is 12.6 Å². The van der Waals surface area contributed by atoms with E-state index in [2.05, 4.69) is 20.6 Å². The molecule has 1 aliphatic carbocycles. The summed E-state index contributed by atoms with van der Waals surface area (Å²) in [5.74, 6) is 0.906. The molecule has 1 amide bonds.